The molecule has 2 aromatic rings. The largest absolute Gasteiger partial charge is 0.373 e. The van der Waals surface area contributed by atoms with Crippen LogP contribution in [-0.4, -0.2) is 9.85 Å². The second-order valence-electron chi connectivity index (χ2n) is 3.92. The van der Waals surface area contributed by atoms with Crippen LogP contribution in [0.15, 0.2) is 23.6 Å². The third kappa shape index (κ3) is 3.11. The molecule has 7 nitrogen and oxygen atoms in total. The van der Waals surface area contributed by atoms with Crippen LogP contribution in [0, 0.1) is 31.9 Å². The molecular weight excluding hydrogens is 308 g/mol. The number of benzene rings is 1. The maximum Gasteiger partial charge on any atom is 0.324 e. The van der Waals surface area contributed by atoms with Gasteiger partial charge in [-0.15, -0.1) is 0 Å². The molecule has 0 amide bonds. The minimum atomic E-state index is -1.37. The van der Waals surface area contributed by atoms with E-state index in [2.05, 4.69) is 5.32 Å². The van der Waals surface area contributed by atoms with Crippen LogP contribution in [0.2, 0.25) is 0 Å². The normalized spacial score (nSPS) is 10.4. The van der Waals surface area contributed by atoms with Crippen molar-refractivity contribution in [2.45, 2.75) is 6.54 Å². The van der Waals surface area contributed by atoms with E-state index in [1.54, 1.807) is 0 Å². The lowest BCUT2D eigenvalue weighted by molar-refractivity contribution is -0.384. The van der Waals surface area contributed by atoms with Crippen molar-refractivity contribution in [1.82, 2.24) is 0 Å². The molecule has 0 saturated heterocycles. The Hall–Kier alpha value is -2.62. The molecule has 0 fully saturated rings. The predicted octanol–water partition coefficient (Wildman–Crippen LogP) is 3.45. The Morgan fingerprint density at radius 1 is 1.19 bits per heavy atom. The first kappa shape index (κ1) is 14.8. The van der Waals surface area contributed by atoms with Gasteiger partial charge in [0.25, 0.3) is 5.69 Å². The van der Waals surface area contributed by atoms with Crippen molar-refractivity contribution >= 4 is 27.7 Å². The molecule has 110 valence electrons. The van der Waals surface area contributed by atoms with E-state index in [4.69, 9.17) is 0 Å². The summed E-state index contributed by atoms with van der Waals surface area (Å²) in [6.45, 7) is -0.106. The zero-order chi connectivity index (χ0) is 15.6. The van der Waals surface area contributed by atoms with Crippen LogP contribution in [0.3, 0.4) is 0 Å². The number of hydrogen-bond acceptors (Lipinski definition) is 6. The van der Waals surface area contributed by atoms with Gasteiger partial charge in [-0.2, -0.15) is 0 Å². The molecule has 0 atom stereocenters. The van der Waals surface area contributed by atoms with E-state index in [-0.39, 0.29) is 11.5 Å². The van der Waals surface area contributed by atoms with E-state index in [0.717, 1.165) is 17.4 Å². The van der Waals surface area contributed by atoms with Gasteiger partial charge in [0.05, 0.1) is 9.85 Å². The summed E-state index contributed by atoms with van der Waals surface area (Å²) in [4.78, 5) is 19.9. The highest BCUT2D eigenvalue weighted by Gasteiger charge is 2.21. The van der Waals surface area contributed by atoms with Crippen LogP contribution in [0.1, 0.15) is 5.56 Å². The number of nitrogens with one attached hydrogen (secondary N) is 1. The molecule has 0 spiro atoms. The number of thiophene rings is 1. The van der Waals surface area contributed by atoms with Crippen LogP contribution in [0.25, 0.3) is 0 Å². The lowest BCUT2D eigenvalue weighted by Crippen LogP contribution is -2.05. The fourth-order valence-electron chi connectivity index (χ4n) is 1.60. The molecule has 21 heavy (non-hydrogen) atoms. The highest BCUT2D eigenvalue weighted by Crippen LogP contribution is 2.30. The van der Waals surface area contributed by atoms with Crippen LogP contribution < -0.4 is 5.32 Å². The molecule has 0 unspecified atom stereocenters. The van der Waals surface area contributed by atoms with Gasteiger partial charge in [0, 0.05) is 24.1 Å². The average Bonchev–Trinajstić information content (AvgIpc) is 2.89. The van der Waals surface area contributed by atoms with Gasteiger partial charge in [0.1, 0.15) is 0 Å². The Bertz CT molecular complexity index is 719. The first-order valence-electron chi connectivity index (χ1n) is 5.48. The van der Waals surface area contributed by atoms with Gasteiger partial charge in [-0.1, -0.05) is 11.3 Å². The molecule has 0 saturated carbocycles. The molecule has 1 N–H and O–H groups in total. The SMILES string of the molecule is O=[N+]([O-])c1cc(CNc2c([N+](=O)[O-])ccc(F)c2F)cs1. The van der Waals surface area contributed by atoms with Gasteiger partial charge in [-0.25, -0.2) is 8.78 Å². The molecule has 10 heteroatoms. The average molecular weight is 315 g/mol. The lowest BCUT2D eigenvalue weighted by atomic mass is 10.2. The van der Waals surface area contributed by atoms with Gasteiger partial charge in [-0.05, 0) is 11.6 Å². The van der Waals surface area contributed by atoms with Crippen molar-refractivity contribution < 1.29 is 18.6 Å². The first-order chi connectivity index (χ1) is 9.90. The molecule has 2 rings (SSSR count). The summed E-state index contributed by atoms with van der Waals surface area (Å²) >= 11 is 0.870. The summed E-state index contributed by atoms with van der Waals surface area (Å²) in [7, 11) is 0. The van der Waals surface area contributed by atoms with Gasteiger partial charge in [0.2, 0.25) is 0 Å². The Balaban J connectivity index is 2.24. The third-order valence-corrected chi connectivity index (χ3v) is 3.49. The van der Waals surface area contributed by atoms with Crippen molar-refractivity contribution in [2.75, 3.05) is 5.32 Å². The van der Waals surface area contributed by atoms with E-state index in [0.29, 0.717) is 11.6 Å². The van der Waals surface area contributed by atoms with Crippen LogP contribution in [0.4, 0.5) is 25.2 Å². The van der Waals surface area contributed by atoms with Gasteiger partial charge in [-0.3, -0.25) is 20.2 Å². The monoisotopic (exact) mass is 315 g/mol. The standard InChI is InChI=1S/C11H7F2N3O4S/c12-7-1-2-8(15(17)18)11(10(7)13)14-4-6-3-9(16(19)20)21-5-6/h1-3,5,14H,4H2. The maximum atomic E-state index is 13.6. The number of rotatable bonds is 5. The smallest absolute Gasteiger partial charge is 0.324 e. The molecule has 1 aromatic carbocycles. The second-order valence-corrected chi connectivity index (χ2v) is 4.81. The second kappa shape index (κ2) is 5.79. The number of hydrogen-bond donors (Lipinski definition) is 1. The highest BCUT2D eigenvalue weighted by atomic mass is 32.1. The molecule has 1 heterocycles. The minimum absolute atomic E-state index is 0.106. The van der Waals surface area contributed by atoms with E-state index in [1.165, 1.54) is 11.4 Å². The van der Waals surface area contributed by atoms with Gasteiger partial charge in [0.15, 0.2) is 17.3 Å². The van der Waals surface area contributed by atoms with Gasteiger partial charge < -0.3 is 5.32 Å². The summed E-state index contributed by atoms with van der Waals surface area (Å²) in [5, 5.41) is 25.0. The number of nitro benzene ring substituents is 1. The third-order valence-electron chi connectivity index (χ3n) is 2.56. The van der Waals surface area contributed by atoms with E-state index in [1.807, 2.05) is 0 Å². The summed E-state index contributed by atoms with van der Waals surface area (Å²) in [6, 6.07) is 2.76. The molecular formula is C11H7F2N3O4S. The van der Waals surface area contributed by atoms with Crippen molar-refractivity contribution in [3.05, 3.63) is 61.0 Å². The van der Waals surface area contributed by atoms with E-state index in [9.17, 15) is 29.0 Å². The van der Waals surface area contributed by atoms with Crippen molar-refractivity contribution in [1.29, 1.82) is 0 Å². The topological polar surface area (TPSA) is 98.3 Å². The fraction of sp³-hybridized carbons (Fsp3) is 0.0909. The number of nitro groups is 2. The Labute approximate surface area is 120 Å². The zero-order valence-electron chi connectivity index (χ0n) is 10.2. The predicted molar refractivity (Wildman–Crippen MR) is 71.3 cm³/mol. The number of nitrogens with zero attached hydrogens (tertiary/aromatic N) is 2. The van der Waals surface area contributed by atoms with Crippen LogP contribution in [-0.2, 0) is 6.54 Å². The zero-order valence-corrected chi connectivity index (χ0v) is 11.0. The molecule has 0 aliphatic heterocycles. The molecule has 1 aromatic heterocycles. The quantitative estimate of drug-likeness (QED) is 0.673. The Kier molecular flexibility index (Phi) is 4.08. The maximum absolute atomic E-state index is 13.6. The van der Waals surface area contributed by atoms with Crippen molar-refractivity contribution in [3.8, 4) is 0 Å². The van der Waals surface area contributed by atoms with Gasteiger partial charge >= 0.3 is 5.00 Å². The summed E-state index contributed by atoms with van der Waals surface area (Å²) in [5.41, 5.74) is -0.767. The molecule has 0 aliphatic carbocycles. The fourth-order valence-corrected chi connectivity index (χ4v) is 2.33. The molecule has 0 aliphatic rings. The number of anilines is 1. The first-order valence-corrected chi connectivity index (χ1v) is 6.36. The lowest BCUT2D eigenvalue weighted by Gasteiger charge is -2.07. The summed E-state index contributed by atoms with van der Waals surface area (Å²) in [5.74, 6) is -2.59. The number of halogens is 2. The Morgan fingerprint density at radius 2 is 1.90 bits per heavy atom. The van der Waals surface area contributed by atoms with Crippen molar-refractivity contribution in [2.24, 2.45) is 0 Å². The van der Waals surface area contributed by atoms with Crippen LogP contribution in [0.5, 0.6) is 0 Å². The van der Waals surface area contributed by atoms with Crippen LogP contribution >= 0.6 is 11.3 Å². The Morgan fingerprint density at radius 3 is 2.48 bits per heavy atom. The van der Waals surface area contributed by atoms with E-state index < -0.39 is 32.9 Å². The summed E-state index contributed by atoms with van der Waals surface area (Å²) in [6.07, 6.45) is 0. The molecule has 0 bridgehead atoms. The molecule has 0 radical (unpaired) electrons. The minimum Gasteiger partial charge on any atom is -0.373 e. The van der Waals surface area contributed by atoms with Crippen molar-refractivity contribution in [3.63, 3.8) is 0 Å². The van der Waals surface area contributed by atoms with E-state index >= 15 is 0 Å². The summed E-state index contributed by atoms with van der Waals surface area (Å²) < 4.78 is 26.7. The highest BCUT2D eigenvalue weighted by molar-refractivity contribution is 7.13.